The second-order valence-electron chi connectivity index (χ2n) is 6.04. The largest absolute Gasteiger partial charge is 0.492 e. The van der Waals surface area contributed by atoms with Crippen LogP contribution in [-0.2, 0) is 10.9 Å². The first-order valence-corrected chi connectivity index (χ1v) is 8.79. The highest BCUT2D eigenvalue weighted by Gasteiger charge is 2.41. The lowest BCUT2D eigenvalue weighted by molar-refractivity contribution is -0.142. The van der Waals surface area contributed by atoms with E-state index in [1.807, 2.05) is 13.8 Å². The van der Waals surface area contributed by atoms with Gasteiger partial charge in [0, 0.05) is 6.07 Å². The summed E-state index contributed by atoms with van der Waals surface area (Å²) >= 11 is 0. The molecule has 1 aromatic rings. The maximum absolute atomic E-state index is 13.5. The third-order valence-corrected chi connectivity index (χ3v) is 3.28. The third-order valence-electron chi connectivity index (χ3n) is 3.28. The maximum Gasteiger partial charge on any atom is 0.434 e. The number of aromatic nitrogens is 1. The molecule has 0 aliphatic heterocycles. The zero-order valence-corrected chi connectivity index (χ0v) is 15.6. The number of unbranched alkanes of at least 4 members (excludes halogenated alkanes) is 2. The molecule has 5 nitrogen and oxygen atoms in total. The van der Waals surface area contributed by atoms with E-state index >= 15 is 0 Å². The molecule has 0 saturated heterocycles. The molecule has 0 unspecified atom stereocenters. The Hall–Kier alpha value is -1.99. The first-order valence-electron chi connectivity index (χ1n) is 8.79. The summed E-state index contributed by atoms with van der Waals surface area (Å²) in [5, 5.41) is 0. The summed E-state index contributed by atoms with van der Waals surface area (Å²) in [6, 6.07) is 1.22. The van der Waals surface area contributed by atoms with Gasteiger partial charge in [-0.25, -0.2) is 9.78 Å². The average molecular weight is 377 g/mol. The van der Waals surface area contributed by atoms with Gasteiger partial charge in [0.05, 0.1) is 19.3 Å². The summed E-state index contributed by atoms with van der Waals surface area (Å²) in [7, 11) is 0. The van der Waals surface area contributed by atoms with Crippen molar-refractivity contribution in [2.75, 3.05) is 13.2 Å². The van der Waals surface area contributed by atoms with E-state index in [0.29, 0.717) is 12.8 Å². The molecule has 26 heavy (non-hydrogen) atoms. The maximum atomic E-state index is 13.5. The summed E-state index contributed by atoms with van der Waals surface area (Å²) in [5.41, 5.74) is -2.08. The van der Waals surface area contributed by atoms with Crippen LogP contribution in [0.1, 0.15) is 69.4 Å². The molecule has 0 bridgehead atoms. The van der Waals surface area contributed by atoms with E-state index in [-0.39, 0.29) is 24.8 Å². The number of carbonyl (C=O) groups is 1. The van der Waals surface area contributed by atoms with Crippen LogP contribution in [-0.4, -0.2) is 30.3 Å². The summed E-state index contributed by atoms with van der Waals surface area (Å²) < 4.78 is 56.2. The summed E-state index contributed by atoms with van der Waals surface area (Å²) in [4.78, 5) is 15.8. The predicted octanol–water partition coefficient (Wildman–Crippen LogP) is 5.02. The quantitative estimate of drug-likeness (QED) is 0.423. The normalized spacial score (nSPS) is 11.5. The van der Waals surface area contributed by atoms with Crippen LogP contribution in [0.3, 0.4) is 0 Å². The van der Waals surface area contributed by atoms with Crippen LogP contribution in [0.25, 0.3) is 0 Å². The van der Waals surface area contributed by atoms with Crippen molar-refractivity contribution >= 4 is 5.97 Å². The minimum atomic E-state index is -4.85. The van der Waals surface area contributed by atoms with Crippen molar-refractivity contribution < 1.29 is 32.2 Å². The van der Waals surface area contributed by atoms with E-state index in [9.17, 15) is 18.0 Å². The monoisotopic (exact) mass is 377 g/mol. The van der Waals surface area contributed by atoms with Gasteiger partial charge in [-0.3, -0.25) is 0 Å². The molecule has 8 heteroatoms. The van der Waals surface area contributed by atoms with Gasteiger partial charge in [-0.1, -0.05) is 26.7 Å². The molecule has 0 saturated carbocycles. The van der Waals surface area contributed by atoms with Gasteiger partial charge >= 0.3 is 12.1 Å². The zero-order chi connectivity index (χ0) is 19.7. The molecule has 0 radical (unpaired) electrons. The molecule has 0 aromatic carbocycles. The highest BCUT2D eigenvalue weighted by molar-refractivity contribution is 5.94. The lowest BCUT2D eigenvalue weighted by atomic mass is 10.1. The number of alkyl halides is 3. The Kier molecular flexibility index (Phi) is 8.68. The number of esters is 1. The Morgan fingerprint density at radius 2 is 1.69 bits per heavy atom. The van der Waals surface area contributed by atoms with Crippen LogP contribution in [0, 0.1) is 0 Å². The average Bonchev–Trinajstić information content (AvgIpc) is 2.53. The third kappa shape index (κ3) is 6.72. The van der Waals surface area contributed by atoms with Crippen molar-refractivity contribution in [3.63, 3.8) is 0 Å². The number of hydrogen-bond donors (Lipinski definition) is 0. The smallest absolute Gasteiger partial charge is 0.434 e. The van der Waals surface area contributed by atoms with Crippen LogP contribution < -0.4 is 9.47 Å². The Morgan fingerprint density at radius 1 is 1.12 bits per heavy atom. The second kappa shape index (κ2) is 10.2. The number of pyridine rings is 1. The van der Waals surface area contributed by atoms with Crippen molar-refractivity contribution in [2.24, 2.45) is 0 Å². The molecule has 1 heterocycles. The SMILES string of the molecule is CCCCOc1cc(OCCCC)c(C(=O)OC(C)C)c(C(F)(F)F)n1. The zero-order valence-electron chi connectivity index (χ0n) is 15.6. The molecule has 0 spiro atoms. The fraction of sp³-hybridized carbons (Fsp3) is 0.667. The van der Waals surface area contributed by atoms with Crippen LogP contribution in [0.5, 0.6) is 11.6 Å². The molecular weight excluding hydrogens is 351 g/mol. The van der Waals surface area contributed by atoms with Gasteiger partial charge in [-0.2, -0.15) is 13.2 Å². The van der Waals surface area contributed by atoms with Gasteiger partial charge < -0.3 is 14.2 Å². The molecule has 1 aromatic heterocycles. The lowest BCUT2D eigenvalue weighted by Crippen LogP contribution is -2.21. The molecule has 0 amide bonds. The van der Waals surface area contributed by atoms with Crippen molar-refractivity contribution in [1.82, 2.24) is 4.98 Å². The van der Waals surface area contributed by atoms with Crippen LogP contribution >= 0.6 is 0 Å². The molecule has 0 atom stereocenters. The van der Waals surface area contributed by atoms with Crippen LogP contribution in [0.2, 0.25) is 0 Å². The van der Waals surface area contributed by atoms with Crippen LogP contribution in [0.4, 0.5) is 13.2 Å². The Morgan fingerprint density at radius 3 is 2.19 bits per heavy atom. The Balaban J connectivity index is 3.36. The minimum absolute atomic E-state index is 0.175. The van der Waals surface area contributed by atoms with Crippen molar-refractivity contribution in [3.8, 4) is 11.6 Å². The van der Waals surface area contributed by atoms with Gasteiger partial charge in [0.25, 0.3) is 0 Å². The van der Waals surface area contributed by atoms with E-state index in [2.05, 4.69) is 4.98 Å². The number of halogens is 3. The van der Waals surface area contributed by atoms with Crippen molar-refractivity contribution in [2.45, 2.75) is 65.7 Å². The number of carbonyl (C=O) groups excluding carboxylic acids is 1. The van der Waals surface area contributed by atoms with Gasteiger partial charge in [0.15, 0.2) is 5.69 Å². The van der Waals surface area contributed by atoms with E-state index in [0.717, 1.165) is 12.8 Å². The fourth-order valence-electron chi connectivity index (χ4n) is 2.01. The van der Waals surface area contributed by atoms with Gasteiger partial charge in [0.2, 0.25) is 5.88 Å². The molecular formula is C18H26F3NO4. The molecule has 148 valence electrons. The topological polar surface area (TPSA) is 57.7 Å². The van der Waals surface area contributed by atoms with Gasteiger partial charge in [-0.05, 0) is 26.7 Å². The summed E-state index contributed by atoms with van der Waals surface area (Å²) in [5.74, 6) is -1.57. The molecule has 0 N–H and O–H groups in total. The second-order valence-corrected chi connectivity index (χ2v) is 6.04. The fourth-order valence-corrected chi connectivity index (χ4v) is 2.01. The molecule has 0 fully saturated rings. The van der Waals surface area contributed by atoms with E-state index in [4.69, 9.17) is 14.2 Å². The highest BCUT2D eigenvalue weighted by atomic mass is 19.4. The van der Waals surface area contributed by atoms with Gasteiger partial charge in [0.1, 0.15) is 11.3 Å². The van der Waals surface area contributed by atoms with Crippen LogP contribution in [0.15, 0.2) is 6.07 Å². The number of nitrogens with zero attached hydrogens (tertiary/aromatic N) is 1. The van der Waals surface area contributed by atoms with Gasteiger partial charge in [-0.15, -0.1) is 0 Å². The Labute approximate surface area is 151 Å². The first kappa shape index (κ1) is 22.1. The molecule has 0 aliphatic rings. The van der Waals surface area contributed by atoms with Crippen molar-refractivity contribution in [3.05, 3.63) is 17.3 Å². The summed E-state index contributed by atoms with van der Waals surface area (Å²) in [6.45, 7) is 7.36. The lowest BCUT2D eigenvalue weighted by Gasteiger charge is -2.18. The Bertz CT molecular complexity index is 589. The number of ether oxygens (including phenoxy) is 3. The number of rotatable bonds is 10. The molecule has 1 rings (SSSR count). The van der Waals surface area contributed by atoms with E-state index in [1.54, 1.807) is 13.8 Å². The van der Waals surface area contributed by atoms with E-state index < -0.39 is 29.5 Å². The first-order chi connectivity index (χ1) is 12.2. The number of hydrogen-bond acceptors (Lipinski definition) is 5. The predicted molar refractivity (Wildman–Crippen MR) is 90.6 cm³/mol. The van der Waals surface area contributed by atoms with E-state index in [1.165, 1.54) is 6.07 Å². The molecule has 0 aliphatic carbocycles. The van der Waals surface area contributed by atoms with Crippen molar-refractivity contribution in [1.29, 1.82) is 0 Å². The minimum Gasteiger partial charge on any atom is -0.492 e. The summed E-state index contributed by atoms with van der Waals surface area (Å²) in [6.07, 6.45) is -2.50. The highest BCUT2D eigenvalue weighted by Crippen LogP contribution is 2.37. The standard InChI is InChI=1S/C18H26F3NO4/c1-5-7-9-24-13-11-14(25-10-8-6-2)22-16(18(19,20)21)15(13)17(23)26-12(3)4/h11-12H,5-10H2,1-4H3.